The molecule has 6 nitrogen and oxygen atoms in total. The van der Waals surface area contributed by atoms with Crippen molar-refractivity contribution < 1.29 is 20.1 Å². The first-order valence-corrected chi connectivity index (χ1v) is 4.34. The van der Waals surface area contributed by atoms with Gasteiger partial charge in [0.2, 0.25) is 0 Å². The van der Waals surface area contributed by atoms with E-state index >= 15 is 0 Å². The first-order chi connectivity index (χ1) is 6.74. The molecule has 1 aliphatic heterocycles. The van der Waals surface area contributed by atoms with Gasteiger partial charge in [-0.15, -0.1) is 0 Å². The molecule has 0 aromatic carbocycles. The average molecular weight is 200 g/mol. The molecule has 6 heteroatoms. The van der Waals surface area contributed by atoms with Crippen LogP contribution in [-0.2, 0) is 4.74 Å². The Kier molecular flexibility index (Phi) is 2.51. The third kappa shape index (κ3) is 1.42. The van der Waals surface area contributed by atoms with E-state index in [0.29, 0.717) is 0 Å². The summed E-state index contributed by atoms with van der Waals surface area (Å²) in [6.45, 7) is -0.316. The predicted octanol–water partition coefficient (Wildman–Crippen LogP) is -1.51. The second-order valence-electron chi connectivity index (χ2n) is 3.24. The summed E-state index contributed by atoms with van der Waals surface area (Å²) < 4.78 is 6.80. The lowest BCUT2D eigenvalue weighted by atomic mass is 10.1. The van der Waals surface area contributed by atoms with E-state index in [4.69, 9.17) is 9.84 Å². The fraction of sp³-hybridized carbons (Fsp3) is 0.625. The molecule has 1 unspecified atom stereocenters. The number of rotatable bonds is 2. The lowest BCUT2D eigenvalue weighted by molar-refractivity contribution is -0.0528. The molecule has 14 heavy (non-hydrogen) atoms. The summed E-state index contributed by atoms with van der Waals surface area (Å²) in [7, 11) is 0. The third-order valence-electron chi connectivity index (χ3n) is 2.34. The molecule has 3 N–H and O–H groups in total. The number of aromatic nitrogens is 2. The van der Waals surface area contributed by atoms with Gasteiger partial charge in [0.15, 0.2) is 6.23 Å². The van der Waals surface area contributed by atoms with Gasteiger partial charge in [0.05, 0.1) is 12.9 Å². The molecule has 78 valence electrons. The zero-order valence-corrected chi connectivity index (χ0v) is 7.39. The van der Waals surface area contributed by atoms with Crippen LogP contribution in [0.1, 0.15) is 6.23 Å². The van der Waals surface area contributed by atoms with Crippen molar-refractivity contribution >= 4 is 0 Å². The van der Waals surface area contributed by atoms with Crippen LogP contribution >= 0.6 is 0 Å². The Balaban J connectivity index is 2.16. The van der Waals surface area contributed by atoms with Gasteiger partial charge in [0.1, 0.15) is 18.3 Å². The summed E-state index contributed by atoms with van der Waals surface area (Å²) in [5, 5.41) is 27.9. The molecule has 0 aliphatic carbocycles. The van der Waals surface area contributed by atoms with Crippen molar-refractivity contribution in [1.82, 2.24) is 9.55 Å². The van der Waals surface area contributed by atoms with Gasteiger partial charge < -0.3 is 24.6 Å². The maximum Gasteiger partial charge on any atom is 0.164 e. The molecule has 0 saturated carbocycles. The highest BCUT2D eigenvalue weighted by atomic mass is 16.6. The van der Waals surface area contributed by atoms with Crippen LogP contribution in [-0.4, -0.2) is 49.8 Å². The Morgan fingerprint density at radius 2 is 2.14 bits per heavy atom. The first kappa shape index (κ1) is 9.60. The van der Waals surface area contributed by atoms with E-state index in [2.05, 4.69) is 4.98 Å². The molecule has 1 saturated heterocycles. The lowest BCUT2D eigenvalue weighted by Crippen LogP contribution is -2.33. The molecule has 1 aromatic rings. The van der Waals surface area contributed by atoms with Crippen LogP contribution in [0.25, 0.3) is 0 Å². The summed E-state index contributed by atoms with van der Waals surface area (Å²) in [4.78, 5) is 3.80. The van der Waals surface area contributed by atoms with E-state index in [1.165, 1.54) is 6.33 Å². The standard InChI is InChI=1S/C8H12N2O4/c11-3-5-6(12)7(13)8(14-5)10-2-1-9-4-10/h1-2,4-8,11-13H,3H2/t5-,6-,7-,8?/m1/s1. The summed E-state index contributed by atoms with van der Waals surface area (Å²) in [5.41, 5.74) is 0. The number of nitrogens with zero attached hydrogens (tertiary/aromatic N) is 2. The topological polar surface area (TPSA) is 87.7 Å². The number of imidazole rings is 1. The third-order valence-corrected chi connectivity index (χ3v) is 2.34. The van der Waals surface area contributed by atoms with E-state index in [-0.39, 0.29) is 6.61 Å². The maximum atomic E-state index is 9.60. The number of aliphatic hydroxyl groups is 3. The Labute approximate surface area is 80.4 Å². The van der Waals surface area contributed by atoms with Gasteiger partial charge in [0.25, 0.3) is 0 Å². The Hall–Kier alpha value is -0.950. The molecule has 1 aromatic heterocycles. The molecule has 4 atom stereocenters. The van der Waals surface area contributed by atoms with E-state index < -0.39 is 24.5 Å². The number of ether oxygens (including phenoxy) is 1. The minimum atomic E-state index is -1.06. The SMILES string of the molecule is OC[C@H]1OC(n2ccnc2)[C@H](O)[C@@H]1O. The monoisotopic (exact) mass is 200 g/mol. The quantitative estimate of drug-likeness (QED) is 0.540. The highest BCUT2D eigenvalue weighted by Gasteiger charge is 2.42. The fourth-order valence-electron chi connectivity index (χ4n) is 1.55. The molecule has 2 heterocycles. The average Bonchev–Trinajstić information content (AvgIpc) is 2.78. The van der Waals surface area contributed by atoms with Crippen molar-refractivity contribution in [2.24, 2.45) is 0 Å². The molecular weight excluding hydrogens is 188 g/mol. The van der Waals surface area contributed by atoms with E-state index in [9.17, 15) is 10.2 Å². The van der Waals surface area contributed by atoms with Gasteiger partial charge in [-0.1, -0.05) is 0 Å². The van der Waals surface area contributed by atoms with Crippen LogP contribution in [0.5, 0.6) is 0 Å². The summed E-state index contributed by atoms with van der Waals surface area (Å²) in [5.74, 6) is 0. The summed E-state index contributed by atoms with van der Waals surface area (Å²) in [6, 6.07) is 0. The van der Waals surface area contributed by atoms with Gasteiger partial charge in [-0.2, -0.15) is 0 Å². The van der Waals surface area contributed by atoms with Gasteiger partial charge >= 0.3 is 0 Å². The fourth-order valence-corrected chi connectivity index (χ4v) is 1.55. The van der Waals surface area contributed by atoms with Crippen molar-refractivity contribution in [3.63, 3.8) is 0 Å². The van der Waals surface area contributed by atoms with Crippen LogP contribution < -0.4 is 0 Å². The van der Waals surface area contributed by atoms with Crippen molar-refractivity contribution in [3.8, 4) is 0 Å². The van der Waals surface area contributed by atoms with Gasteiger partial charge in [-0.3, -0.25) is 0 Å². The normalized spacial score (nSPS) is 37.6. The Morgan fingerprint density at radius 1 is 1.36 bits per heavy atom. The molecule has 2 rings (SSSR count). The molecule has 1 aliphatic rings. The van der Waals surface area contributed by atoms with Crippen LogP contribution in [0.15, 0.2) is 18.7 Å². The van der Waals surface area contributed by atoms with Crippen LogP contribution in [0, 0.1) is 0 Å². The molecule has 1 fully saturated rings. The maximum absolute atomic E-state index is 9.60. The summed E-state index contributed by atoms with van der Waals surface area (Å²) >= 11 is 0. The van der Waals surface area contributed by atoms with Gasteiger partial charge in [-0.05, 0) is 0 Å². The predicted molar refractivity (Wildman–Crippen MR) is 45.2 cm³/mol. The molecule has 0 bridgehead atoms. The van der Waals surface area contributed by atoms with E-state index in [1.54, 1.807) is 17.0 Å². The van der Waals surface area contributed by atoms with Crippen LogP contribution in [0.3, 0.4) is 0 Å². The largest absolute Gasteiger partial charge is 0.394 e. The molecular formula is C8H12N2O4. The van der Waals surface area contributed by atoms with E-state index in [0.717, 1.165) is 0 Å². The molecule has 0 amide bonds. The smallest absolute Gasteiger partial charge is 0.164 e. The molecule has 0 radical (unpaired) electrons. The number of hydrogen-bond donors (Lipinski definition) is 3. The van der Waals surface area contributed by atoms with Crippen LogP contribution in [0.2, 0.25) is 0 Å². The number of hydrogen-bond acceptors (Lipinski definition) is 5. The number of aliphatic hydroxyl groups excluding tert-OH is 3. The Morgan fingerprint density at radius 3 is 2.64 bits per heavy atom. The van der Waals surface area contributed by atoms with Crippen molar-refractivity contribution in [3.05, 3.63) is 18.7 Å². The molecule has 0 spiro atoms. The minimum Gasteiger partial charge on any atom is -0.394 e. The zero-order chi connectivity index (χ0) is 10.1. The first-order valence-electron chi connectivity index (χ1n) is 4.34. The zero-order valence-electron chi connectivity index (χ0n) is 7.39. The second-order valence-corrected chi connectivity index (χ2v) is 3.24. The minimum absolute atomic E-state index is 0.316. The highest BCUT2D eigenvalue weighted by Crippen LogP contribution is 2.28. The highest BCUT2D eigenvalue weighted by molar-refractivity contribution is 4.91. The van der Waals surface area contributed by atoms with E-state index in [1.807, 2.05) is 0 Å². The second kappa shape index (κ2) is 3.66. The van der Waals surface area contributed by atoms with Gasteiger partial charge in [0, 0.05) is 12.4 Å². The van der Waals surface area contributed by atoms with Gasteiger partial charge in [-0.25, -0.2) is 4.98 Å². The van der Waals surface area contributed by atoms with Crippen molar-refractivity contribution in [1.29, 1.82) is 0 Å². The Bertz CT molecular complexity index is 290. The lowest BCUT2D eigenvalue weighted by Gasteiger charge is -2.15. The van der Waals surface area contributed by atoms with Crippen LogP contribution in [0.4, 0.5) is 0 Å². The summed E-state index contributed by atoms with van der Waals surface area (Å²) in [6.07, 6.45) is 1.14. The van der Waals surface area contributed by atoms with Crippen molar-refractivity contribution in [2.45, 2.75) is 24.5 Å². The van der Waals surface area contributed by atoms with Crippen molar-refractivity contribution in [2.75, 3.05) is 6.61 Å².